The molecule has 1 atom stereocenters. The Bertz CT molecular complexity index is 694. The van der Waals surface area contributed by atoms with Gasteiger partial charge in [0.1, 0.15) is 0 Å². The standard InChI is InChI=1S/C18H25N5O/c1-14-8-9-23(11-14)17-6-4-16(5-7-17)20-18(24)21(2)12-15-10-19-22(3)13-15/h4-7,10,13-14H,8-9,11-12H2,1-3H3,(H,20,24)/t14-/m1/s1. The molecule has 0 bridgehead atoms. The molecule has 2 heterocycles. The van der Waals surface area contributed by atoms with Crippen molar-refractivity contribution in [2.45, 2.75) is 19.9 Å². The first-order valence-corrected chi connectivity index (χ1v) is 8.36. The largest absolute Gasteiger partial charge is 0.371 e. The number of anilines is 2. The van der Waals surface area contributed by atoms with Crippen LogP contribution < -0.4 is 10.2 Å². The van der Waals surface area contributed by atoms with Crippen LogP contribution in [0.3, 0.4) is 0 Å². The minimum Gasteiger partial charge on any atom is -0.371 e. The molecular formula is C18H25N5O. The van der Waals surface area contributed by atoms with Gasteiger partial charge < -0.3 is 15.1 Å². The molecule has 0 aliphatic carbocycles. The number of amides is 2. The van der Waals surface area contributed by atoms with Gasteiger partial charge in [0.15, 0.2) is 0 Å². The van der Waals surface area contributed by atoms with E-state index in [0.29, 0.717) is 6.54 Å². The van der Waals surface area contributed by atoms with Crippen LogP contribution in [0.15, 0.2) is 36.7 Å². The Kier molecular flexibility index (Phi) is 4.74. The third-order valence-corrected chi connectivity index (χ3v) is 4.43. The van der Waals surface area contributed by atoms with E-state index in [1.54, 1.807) is 22.8 Å². The van der Waals surface area contributed by atoms with Gasteiger partial charge >= 0.3 is 6.03 Å². The second kappa shape index (κ2) is 6.95. The molecule has 0 saturated carbocycles. The lowest BCUT2D eigenvalue weighted by Gasteiger charge is -2.20. The lowest BCUT2D eigenvalue weighted by atomic mass is 10.2. The van der Waals surface area contributed by atoms with E-state index >= 15 is 0 Å². The van der Waals surface area contributed by atoms with Gasteiger partial charge in [-0.1, -0.05) is 6.92 Å². The third-order valence-electron chi connectivity index (χ3n) is 4.43. The van der Waals surface area contributed by atoms with Crippen LogP contribution in [0.25, 0.3) is 0 Å². The second-order valence-electron chi connectivity index (χ2n) is 6.70. The van der Waals surface area contributed by atoms with Crippen LogP contribution in [0, 0.1) is 5.92 Å². The van der Waals surface area contributed by atoms with Crippen molar-refractivity contribution in [2.75, 3.05) is 30.4 Å². The van der Waals surface area contributed by atoms with Gasteiger partial charge in [0.05, 0.1) is 12.7 Å². The average molecular weight is 327 g/mol. The van der Waals surface area contributed by atoms with Crippen LogP contribution in [0.1, 0.15) is 18.9 Å². The molecule has 1 fully saturated rings. The smallest absolute Gasteiger partial charge is 0.321 e. The van der Waals surface area contributed by atoms with Crippen LogP contribution in [0.4, 0.5) is 16.2 Å². The number of carbonyl (C=O) groups is 1. The van der Waals surface area contributed by atoms with E-state index in [4.69, 9.17) is 0 Å². The number of hydrogen-bond donors (Lipinski definition) is 1. The molecule has 1 aromatic heterocycles. The summed E-state index contributed by atoms with van der Waals surface area (Å²) < 4.78 is 1.74. The van der Waals surface area contributed by atoms with E-state index in [2.05, 4.69) is 34.4 Å². The van der Waals surface area contributed by atoms with Gasteiger partial charge in [0.2, 0.25) is 0 Å². The molecule has 1 N–H and O–H groups in total. The summed E-state index contributed by atoms with van der Waals surface area (Å²) in [7, 11) is 3.65. The first-order valence-electron chi connectivity index (χ1n) is 8.36. The normalized spacial score (nSPS) is 17.1. The molecule has 1 aromatic carbocycles. The molecule has 6 heteroatoms. The number of nitrogens with zero attached hydrogens (tertiary/aromatic N) is 4. The van der Waals surface area contributed by atoms with Crippen molar-refractivity contribution in [3.05, 3.63) is 42.2 Å². The first kappa shape index (κ1) is 16.4. The molecule has 6 nitrogen and oxygen atoms in total. The SMILES string of the molecule is C[C@@H]1CCN(c2ccc(NC(=O)N(C)Cc3cnn(C)c3)cc2)C1. The van der Waals surface area contributed by atoms with Gasteiger partial charge in [0.25, 0.3) is 0 Å². The second-order valence-corrected chi connectivity index (χ2v) is 6.70. The van der Waals surface area contributed by atoms with Gasteiger partial charge in [-0.15, -0.1) is 0 Å². The third kappa shape index (κ3) is 3.88. The van der Waals surface area contributed by atoms with E-state index in [9.17, 15) is 4.79 Å². The lowest BCUT2D eigenvalue weighted by Crippen LogP contribution is -2.30. The number of benzene rings is 1. The number of hydrogen-bond acceptors (Lipinski definition) is 3. The zero-order valence-electron chi connectivity index (χ0n) is 14.6. The van der Waals surface area contributed by atoms with E-state index < -0.39 is 0 Å². The fourth-order valence-electron chi connectivity index (χ4n) is 3.04. The minimum atomic E-state index is -0.124. The van der Waals surface area contributed by atoms with Gasteiger partial charge in [-0.3, -0.25) is 4.68 Å². The van der Waals surface area contributed by atoms with Gasteiger partial charge in [-0.2, -0.15) is 5.10 Å². The Morgan fingerprint density at radius 3 is 2.71 bits per heavy atom. The minimum absolute atomic E-state index is 0.124. The van der Waals surface area contributed by atoms with Crippen LogP contribution >= 0.6 is 0 Å². The zero-order valence-corrected chi connectivity index (χ0v) is 14.6. The summed E-state index contributed by atoms with van der Waals surface area (Å²) >= 11 is 0. The first-order chi connectivity index (χ1) is 11.5. The summed E-state index contributed by atoms with van der Waals surface area (Å²) in [6.45, 7) is 5.04. The fourth-order valence-corrected chi connectivity index (χ4v) is 3.04. The molecule has 0 spiro atoms. The highest BCUT2D eigenvalue weighted by atomic mass is 16.2. The van der Waals surface area contributed by atoms with Gasteiger partial charge in [-0.25, -0.2) is 4.79 Å². The highest BCUT2D eigenvalue weighted by Gasteiger charge is 2.18. The van der Waals surface area contributed by atoms with E-state index in [-0.39, 0.29) is 6.03 Å². The van der Waals surface area contributed by atoms with Gasteiger partial charge in [-0.05, 0) is 36.6 Å². The maximum Gasteiger partial charge on any atom is 0.321 e. The van der Waals surface area contributed by atoms with Crippen molar-refractivity contribution in [1.29, 1.82) is 0 Å². The summed E-state index contributed by atoms with van der Waals surface area (Å²) in [5.41, 5.74) is 3.05. The predicted octanol–water partition coefficient (Wildman–Crippen LogP) is 2.93. The average Bonchev–Trinajstić information content (AvgIpc) is 3.16. The van der Waals surface area contributed by atoms with Crippen molar-refractivity contribution in [3.63, 3.8) is 0 Å². The predicted molar refractivity (Wildman–Crippen MR) is 96.1 cm³/mol. The van der Waals surface area contributed by atoms with Crippen molar-refractivity contribution in [2.24, 2.45) is 13.0 Å². The summed E-state index contributed by atoms with van der Waals surface area (Å²) in [6, 6.07) is 7.97. The number of aromatic nitrogens is 2. The Hall–Kier alpha value is -2.50. The Morgan fingerprint density at radius 2 is 2.12 bits per heavy atom. The van der Waals surface area contributed by atoms with Crippen molar-refractivity contribution >= 4 is 17.4 Å². The molecule has 0 unspecified atom stereocenters. The van der Waals surface area contributed by atoms with E-state index in [1.807, 2.05) is 25.4 Å². The topological polar surface area (TPSA) is 53.4 Å². The molecule has 3 rings (SSSR count). The van der Waals surface area contributed by atoms with E-state index in [1.165, 1.54) is 12.1 Å². The molecule has 24 heavy (non-hydrogen) atoms. The molecule has 2 aromatic rings. The van der Waals surface area contributed by atoms with Crippen molar-refractivity contribution < 1.29 is 4.79 Å². The highest BCUT2D eigenvalue weighted by molar-refractivity contribution is 5.89. The molecular weight excluding hydrogens is 302 g/mol. The molecule has 128 valence electrons. The summed E-state index contributed by atoms with van der Waals surface area (Å²) in [5.74, 6) is 0.755. The number of rotatable bonds is 4. The van der Waals surface area contributed by atoms with Gasteiger partial charge in [0, 0.05) is 50.3 Å². The zero-order chi connectivity index (χ0) is 17.1. The quantitative estimate of drug-likeness (QED) is 0.939. The molecule has 1 aliphatic rings. The molecule has 1 aliphatic heterocycles. The number of nitrogens with one attached hydrogen (secondary N) is 1. The summed E-state index contributed by atoms with van der Waals surface area (Å²) in [4.78, 5) is 16.3. The Morgan fingerprint density at radius 1 is 1.38 bits per heavy atom. The lowest BCUT2D eigenvalue weighted by molar-refractivity contribution is 0.220. The highest BCUT2D eigenvalue weighted by Crippen LogP contribution is 2.24. The van der Waals surface area contributed by atoms with Crippen LogP contribution in [-0.2, 0) is 13.6 Å². The maximum atomic E-state index is 12.3. The molecule has 0 radical (unpaired) electrons. The summed E-state index contributed by atoms with van der Waals surface area (Å²) in [5, 5.41) is 7.06. The van der Waals surface area contributed by atoms with E-state index in [0.717, 1.165) is 30.3 Å². The van der Waals surface area contributed by atoms with Crippen molar-refractivity contribution in [1.82, 2.24) is 14.7 Å². The number of aryl methyl sites for hydroxylation is 1. The summed E-state index contributed by atoms with van der Waals surface area (Å²) in [6.07, 6.45) is 4.93. The van der Waals surface area contributed by atoms with Crippen molar-refractivity contribution in [3.8, 4) is 0 Å². The molecule has 1 saturated heterocycles. The Labute approximate surface area is 143 Å². The molecule has 2 amide bonds. The maximum absolute atomic E-state index is 12.3. The van der Waals surface area contributed by atoms with Crippen LogP contribution in [-0.4, -0.2) is 40.8 Å². The van der Waals surface area contributed by atoms with Crippen LogP contribution in [0.5, 0.6) is 0 Å². The Balaban J connectivity index is 1.56. The van der Waals surface area contributed by atoms with Crippen LogP contribution in [0.2, 0.25) is 0 Å². The number of carbonyl (C=O) groups excluding carboxylic acids is 1. The number of urea groups is 1. The fraction of sp³-hybridized carbons (Fsp3) is 0.444. The monoisotopic (exact) mass is 327 g/mol.